The van der Waals surface area contributed by atoms with Gasteiger partial charge in [0.1, 0.15) is 0 Å². The number of aliphatic hydroxyl groups excluding tert-OH is 1. The normalized spacial score (nSPS) is 20.3. The first-order valence-corrected chi connectivity index (χ1v) is 9.28. The van der Waals surface area contributed by atoms with Gasteiger partial charge >= 0.3 is 0 Å². The fourth-order valence-electron chi connectivity index (χ4n) is 3.75. The Balaban J connectivity index is 1.75. The molecule has 0 spiro atoms. The monoisotopic (exact) mass is 344 g/mol. The van der Waals surface area contributed by atoms with Crippen molar-refractivity contribution < 1.29 is 9.90 Å². The van der Waals surface area contributed by atoms with E-state index in [-0.39, 0.29) is 6.61 Å². The van der Waals surface area contributed by atoms with Crippen molar-refractivity contribution in [3.8, 4) is 0 Å². The van der Waals surface area contributed by atoms with E-state index in [4.69, 9.17) is 5.11 Å². The van der Waals surface area contributed by atoms with Crippen LogP contribution >= 0.6 is 0 Å². The van der Waals surface area contributed by atoms with E-state index in [0.717, 1.165) is 45.0 Å². The summed E-state index contributed by atoms with van der Waals surface area (Å²) in [7, 11) is 0. The zero-order chi connectivity index (χ0) is 17.6. The van der Waals surface area contributed by atoms with Gasteiger partial charge in [0, 0.05) is 44.2 Å². The van der Waals surface area contributed by atoms with Crippen molar-refractivity contribution in [2.45, 2.75) is 32.1 Å². The third-order valence-electron chi connectivity index (χ3n) is 4.94. The van der Waals surface area contributed by atoms with Crippen molar-refractivity contribution in [1.29, 1.82) is 0 Å². The Kier molecular flexibility index (Phi) is 5.91. The summed E-state index contributed by atoms with van der Waals surface area (Å²) < 4.78 is 0. The highest BCUT2D eigenvalue weighted by Crippen LogP contribution is 2.38. The summed E-state index contributed by atoms with van der Waals surface area (Å²) in [6.07, 6.45) is 2.66. The van der Waals surface area contributed by atoms with Crippen LogP contribution < -0.4 is 10.2 Å². The number of para-hydroxylation sites is 1. The lowest BCUT2D eigenvalue weighted by Crippen LogP contribution is -2.41. The number of nitrogens with zero attached hydrogens (tertiary/aromatic N) is 3. The summed E-state index contributed by atoms with van der Waals surface area (Å²) >= 11 is 0. The molecule has 0 radical (unpaired) electrons. The number of likely N-dealkylation sites (tertiary alicyclic amines) is 1. The van der Waals surface area contributed by atoms with Crippen molar-refractivity contribution >= 4 is 17.6 Å². The molecule has 0 saturated carbocycles. The molecule has 1 saturated heterocycles. The van der Waals surface area contributed by atoms with Crippen LogP contribution in [0.25, 0.3) is 0 Å². The molecule has 0 aliphatic carbocycles. The lowest BCUT2D eigenvalue weighted by molar-refractivity contribution is -0.127. The molecule has 2 heterocycles. The summed E-state index contributed by atoms with van der Waals surface area (Å²) in [5.41, 5.74) is 2.50. The van der Waals surface area contributed by atoms with E-state index in [0.29, 0.717) is 24.8 Å². The van der Waals surface area contributed by atoms with Crippen LogP contribution in [-0.4, -0.2) is 61.2 Å². The Morgan fingerprint density at radius 2 is 2.24 bits per heavy atom. The fourth-order valence-corrected chi connectivity index (χ4v) is 3.75. The number of rotatable bonds is 6. The number of anilines is 1. The van der Waals surface area contributed by atoms with E-state index >= 15 is 0 Å². The lowest BCUT2D eigenvalue weighted by atomic mass is 9.98. The number of aliphatic hydroxyl groups is 1. The molecule has 1 amide bonds. The minimum absolute atomic E-state index is 0.0465. The van der Waals surface area contributed by atoms with Gasteiger partial charge in [-0.15, -0.1) is 0 Å². The van der Waals surface area contributed by atoms with Crippen LogP contribution in [0.1, 0.15) is 37.7 Å². The van der Waals surface area contributed by atoms with Crippen LogP contribution in [0.15, 0.2) is 29.3 Å². The second-order valence-electron chi connectivity index (χ2n) is 6.60. The van der Waals surface area contributed by atoms with Crippen LogP contribution in [0, 0.1) is 0 Å². The van der Waals surface area contributed by atoms with Gasteiger partial charge in [-0.2, -0.15) is 0 Å². The highest BCUT2D eigenvalue weighted by atomic mass is 16.3. The van der Waals surface area contributed by atoms with E-state index in [1.807, 2.05) is 17.9 Å². The highest BCUT2D eigenvalue weighted by molar-refractivity contribution is 5.98. The second kappa shape index (κ2) is 8.34. The van der Waals surface area contributed by atoms with Crippen LogP contribution in [0.2, 0.25) is 0 Å². The minimum atomic E-state index is 0.0465. The van der Waals surface area contributed by atoms with Gasteiger partial charge in [0.2, 0.25) is 5.91 Å². The maximum absolute atomic E-state index is 11.9. The first-order chi connectivity index (χ1) is 12.2. The van der Waals surface area contributed by atoms with Gasteiger partial charge < -0.3 is 20.2 Å². The molecule has 6 heteroatoms. The number of guanidine groups is 1. The quantitative estimate of drug-likeness (QED) is 0.607. The largest absolute Gasteiger partial charge is 0.394 e. The van der Waals surface area contributed by atoms with Crippen LogP contribution in [-0.2, 0) is 4.79 Å². The third kappa shape index (κ3) is 3.95. The zero-order valence-corrected chi connectivity index (χ0v) is 14.9. The molecule has 1 fully saturated rings. The van der Waals surface area contributed by atoms with Gasteiger partial charge in [0.15, 0.2) is 5.96 Å². The first-order valence-electron chi connectivity index (χ1n) is 9.28. The van der Waals surface area contributed by atoms with E-state index in [1.165, 1.54) is 11.3 Å². The van der Waals surface area contributed by atoms with Crippen LogP contribution in [0.5, 0.6) is 0 Å². The molecule has 2 N–H and O–H groups in total. The minimum Gasteiger partial charge on any atom is -0.394 e. The molecule has 3 rings (SSSR count). The molecular weight excluding hydrogens is 316 g/mol. The molecule has 2 aliphatic rings. The Bertz CT molecular complexity index is 632. The maximum atomic E-state index is 11.9. The molecule has 0 aromatic heterocycles. The topological polar surface area (TPSA) is 68.2 Å². The second-order valence-corrected chi connectivity index (χ2v) is 6.60. The van der Waals surface area contributed by atoms with Gasteiger partial charge in [-0.25, -0.2) is 0 Å². The molecule has 136 valence electrons. The average Bonchev–Trinajstić information content (AvgIpc) is 3.20. The Hall–Kier alpha value is -2.08. The Morgan fingerprint density at radius 3 is 2.96 bits per heavy atom. The fraction of sp³-hybridized carbons (Fsp3) is 0.579. The molecule has 2 aliphatic heterocycles. The molecule has 1 atom stereocenters. The van der Waals surface area contributed by atoms with E-state index in [1.54, 1.807) is 0 Å². The number of fused-ring (bicyclic) bond motifs is 1. The highest BCUT2D eigenvalue weighted by Gasteiger charge is 2.31. The molecule has 1 aromatic carbocycles. The number of benzene rings is 1. The number of amides is 1. The number of aliphatic imine (C=N–C) groups is 1. The van der Waals surface area contributed by atoms with Crippen molar-refractivity contribution in [3.05, 3.63) is 29.8 Å². The summed E-state index contributed by atoms with van der Waals surface area (Å²) in [6.45, 7) is 5.87. The van der Waals surface area contributed by atoms with E-state index in [2.05, 4.69) is 33.4 Å². The van der Waals surface area contributed by atoms with E-state index < -0.39 is 0 Å². The average molecular weight is 344 g/mol. The lowest BCUT2D eigenvalue weighted by Gasteiger charge is -2.23. The Labute approximate surface area is 149 Å². The third-order valence-corrected chi connectivity index (χ3v) is 4.94. The van der Waals surface area contributed by atoms with Gasteiger partial charge in [0.05, 0.1) is 13.2 Å². The zero-order valence-electron chi connectivity index (χ0n) is 14.9. The smallest absolute Gasteiger partial charge is 0.222 e. The van der Waals surface area contributed by atoms with Gasteiger partial charge in [-0.3, -0.25) is 9.79 Å². The summed E-state index contributed by atoms with van der Waals surface area (Å²) in [6, 6.07) is 8.44. The SMILES string of the molecule is CCNC(=NCCO)N1CC(CCN2CCCC2=O)c2ccccc21. The van der Waals surface area contributed by atoms with E-state index in [9.17, 15) is 4.79 Å². The van der Waals surface area contributed by atoms with Crippen molar-refractivity contribution in [2.24, 2.45) is 4.99 Å². The number of carbonyl (C=O) groups excluding carboxylic acids is 1. The van der Waals surface area contributed by atoms with Gasteiger partial charge in [-0.1, -0.05) is 18.2 Å². The van der Waals surface area contributed by atoms with Crippen molar-refractivity contribution in [3.63, 3.8) is 0 Å². The molecule has 0 bridgehead atoms. The number of hydrogen-bond acceptors (Lipinski definition) is 3. The maximum Gasteiger partial charge on any atom is 0.222 e. The summed E-state index contributed by atoms with van der Waals surface area (Å²) in [4.78, 5) is 20.6. The van der Waals surface area contributed by atoms with Crippen molar-refractivity contribution in [1.82, 2.24) is 10.2 Å². The summed E-state index contributed by atoms with van der Waals surface area (Å²) in [5.74, 6) is 1.51. The van der Waals surface area contributed by atoms with Gasteiger partial charge in [-0.05, 0) is 31.4 Å². The van der Waals surface area contributed by atoms with Crippen LogP contribution in [0.3, 0.4) is 0 Å². The number of nitrogens with one attached hydrogen (secondary N) is 1. The predicted octanol–water partition coefficient (Wildman–Crippen LogP) is 1.56. The number of carbonyl (C=O) groups is 1. The predicted molar refractivity (Wildman–Crippen MR) is 100 cm³/mol. The Morgan fingerprint density at radius 1 is 1.40 bits per heavy atom. The summed E-state index contributed by atoms with van der Waals surface area (Å²) in [5, 5.41) is 12.4. The standard InChI is InChI=1S/C19H28N4O2/c1-2-20-19(21-10-13-24)23-14-15(16-6-3-4-7-17(16)23)9-12-22-11-5-8-18(22)25/h3-4,6-7,15,24H,2,5,8-14H2,1H3,(H,20,21). The van der Waals surface area contributed by atoms with Crippen LogP contribution in [0.4, 0.5) is 5.69 Å². The molecule has 6 nitrogen and oxygen atoms in total. The molecular formula is C19H28N4O2. The first kappa shape index (κ1) is 17.7. The molecule has 1 unspecified atom stereocenters. The molecule has 1 aromatic rings. The number of hydrogen-bond donors (Lipinski definition) is 2. The molecule has 25 heavy (non-hydrogen) atoms. The van der Waals surface area contributed by atoms with Crippen molar-refractivity contribution in [2.75, 3.05) is 44.2 Å². The van der Waals surface area contributed by atoms with Gasteiger partial charge in [0.25, 0.3) is 0 Å².